The van der Waals surface area contributed by atoms with Gasteiger partial charge in [0.2, 0.25) is 5.91 Å². The predicted octanol–water partition coefficient (Wildman–Crippen LogP) is 4.18. The van der Waals surface area contributed by atoms with E-state index in [1.54, 1.807) is 0 Å². The molecule has 1 aliphatic heterocycles. The molecule has 0 aliphatic carbocycles. The second-order valence-electron chi connectivity index (χ2n) is 7.16. The highest BCUT2D eigenvalue weighted by molar-refractivity contribution is 14.0. The van der Waals surface area contributed by atoms with Gasteiger partial charge in [-0.1, -0.05) is 36.8 Å². The largest absolute Gasteiger partial charge is 0.356 e. The summed E-state index contributed by atoms with van der Waals surface area (Å²) in [5, 5.41) is 3.37. The van der Waals surface area contributed by atoms with Crippen LogP contribution in [0.1, 0.15) is 49.7 Å². The van der Waals surface area contributed by atoms with E-state index in [9.17, 15) is 4.79 Å². The summed E-state index contributed by atoms with van der Waals surface area (Å²) in [6.45, 7) is 7.01. The van der Waals surface area contributed by atoms with E-state index in [4.69, 9.17) is 0 Å². The van der Waals surface area contributed by atoms with Crippen LogP contribution in [0.15, 0.2) is 41.9 Å². The molecule has 0 saturated carbocycles. The third-order valence-corrected chi connectivity index (χ3v) is 5.02. The molecule has 0 bridgehead atoms. The molecule has 1 aromatic rings. The number of halogens is 1. The Balaban J connectivity index is 0.00000392. The summed E-state index contributed by atoms with van der Waals surface area (Å²) in [5.74, 6) is 1.14. The molecule has 1 aliphatic rings. The van der Waals surface area contributed by atoms with Crippen molar-refractivity contribution in [2.75, 3.05) is 27.2 Å². The number of benzene rings is 1. The van der Waals surface area contributed by atoms with Crippen LogP contribution in [0.3, 0.4) is 0 Å². The van der Waals surface area contributed by atoms with Gasteiger partial charge in [0.25, 0.3) is 0 Å². The zero-order valence-corrected chi connectivity index (χ0v) is 19.7. The Bertz CT molecular complexity index is 622. The second-order valence-corrected chi connectivity index (χ2v) is 7.16. The molecule has 28 heavy (non-hydrogen) atoms. The predicted molar refractivity (Wildman–Crippen MR) is 128 cm³/mol. The van der Waals surface area contributed by atoms with Gasteiger partial charge in [0.05, 0.1) is 0 Å². The molecule has 1 N–H and O–H groups in total. The molecular weight excluding hydrogens is 463 g/mol. The topological polar surface area (TPSA) is 47.9 Å². The Labute approximate surface area is 187 Å². The van der Waals surface area contributed by atoms with Crippen LogP contribution in [0.5, 0.6) is 0 Å². The molecule has 1 aromatic carbocycles. The molecule has 0 atom stereocenters. The van der Waals surface area contributed by atoms with Crippen LogP contribution in [0.2, 0.25) is 0 Å². The number of amides is 1. The summed E-state index contributed by atoms with van der Waals surface area (Å²) < 4.78 is 0. The maximum atomic E-state index is 12.4. The molecule has 0 unspecified atom stereocenters. The number of unbranched alkanes of at least 4 members (excludes halogenated alkanes) is 3. The van der Waals surface area contributed by atoms with E-state index >= 15 is 0 Å². The number of nitrogens with one attached hydrogen (secondary N) is 1. The Morgan fingerprint density at radius 1 is 1.21 bits per heavy atom. The summed E-state index contributed by atoms with van der Waals surface area (Å²) in [4.78, 5) is 20.9. The first-order chi connectivity index (χ1) is 13.2. The fraction of sp³-hybridized carbons (Fsp3) is 0.545. The Hall–Kier alpha value is -1.57. The van der Waals surface area contributed by atoms with E-state index in [-0.39, 0.29) is 29.9 Å². The van der Waals surface area contributed by atoms with Gasteiger partial charge >= 0.3 is 0 Å². The van der Waals surface area contributed by atoms with Crippen LogP contribution in [0.4, 0.5) is 0 Å². The summed E-state index contributed by atoms with van der Waals surface area (Å²) in [7, 11) is 3.87. The third-order valence-electron chi connectivity index (χ3n) is 5.02. The van der Waals surface area contributed by atoms with E-state index in [1.165, 1.54) is 24.0 Å². The summed E-state index contributed by atoms with van der Waals surface area (Å²) >= 11 is 0. The van der Waals surface area contributed by atoms with Crippen LogP contribution in [-0.4, -0.2) is 48.9 Å². The quantitative estimate of drug-likeness (QED) is 0.173. The highest BCUT2D eigenvalue weighted by Crippen LogP contribution is 2.22. The molecule has 5 nitrogen and oxygen atoms in total. The molecule has 6 heteroatoms. The van der Waals surface area contributed by atoms with Crippen molar-refractivity contribution < 1.29 is 4.79 Å². The number of hydrogen-bond donors (Lipinski definition) is 1. The summed E-state index contributed by atoms with van der Waals surface area (Å²) in [5.41, 5.74) is 2.55. The maximum Gasteiger partial charge on any atom is 0.223 e. The van der Waals surface area contributed by atoms with Crippen LogP contribution >= 0.6 is 24.0 Å². The zero-order valence-electron chi connectivity index (χ0n) is 17.3. The average Bonchev–Trinajstić information content (AvgIpc) is 3.12. The fourth-order valence-electron chi connectivity index (χ4n) is 3.41. The van der Waals surface area contributed by atoms with E-state index in [0.29, 0.717) is 6.42 Å². The number of aliphatic imine (C=N–C) groups is 1. The van der Waals surface area contributed by atoms with Crippen molar-refractivity contribution in [3.63, 3.8) is 0 Å². The van der Waals surface area contributed by atoms with Crippen LogP contribution in [0, 0.1) is 0 Å². The van der Waals surface area contributed by atoms with E-state index < -0.39 is 0 Å². The van der Waals surface area contributed by atoms with Gasteiger partial charge in [-0.2, -0.15) is 0 Å². The lowest BCUT2D eigenvalue weighted by Gasteiger charge is -2.22. The number of carbonyl (C=O) groups excluding carboxylic acids is 1. The number of carbonyl (C=O) groups is 1. The van der Waals surface area contributed by atoms with Crippen molar-refractivity contribution in [3.8, 4) is 0 Å². The van der Waals surface area contributed by atoms with Crippen molar-refractivity contribution in [1.29, 1.82) is 0 Å². The number of allylic oxidation sites excluding steroid dienone is 1. The Kier molecular flexibility index (Phi) is 11.9. The molecule has 156 valence electrons. The van der Waals surface area contributed by atoms with Gasteiger partial charge in [0.15, 0.2) is 5.96 Å². The van der Waals surface area contributed by atoms with Crippen LogP contribution in [-0.2, 0) is 17.9 Å². The Morgan fingerprint density at radius 3 is 2.50 bits per heavy atom. The smallest absolute Gasteiger partial charge is 0.223 e. The summed E-state index contributed by atoms with van der Waals surface area (Å²) in [6.07, 6.45) is 8.02. The number of fused-ring (bicyclic) bond motifs is 1. The minimum Gasteiger partial charge on any atom is -0.356 e. The van der Waals surface area contributed by atoms with Gasteiger partial charge in [-0.05, 0) is 36.8 Å². The third kappa shape index (κ3) is 7.81. The first-order valence-electron chi connectivity index (χ1n) is 10.0. The molecular formula is C22H35IN4O. The molecule has 0 saturated heterocycles. The normalized spacial score (nSPS) is 12.9. The molecule has 2 rings (SSSR count). The number of guanidine groups is 1. The number of nitrogens with zero attached hydrogens (tertiary/aromatic N) is 3. The minimum atomic E-state index is 0. The standard InChI is InChI=1S/C22H34N4O.HI/c1-4-5-6-7-10-16-25(3)22(23-2)24-15-11-14-21(27)26-17-19-12-8-9-13-20(19)18-26;/h4,8-9,12-13H,1,5-7,10-11,14-18H2,2-3H3,(H,23,24);1H. The van der Waals surface area contributed by atoms with Crippen molar-refractivity contribution in [2.45, 2.75) is 51.6 Å². The molecule has 1 heterocycles. The molecule has 0 spiro atoms. The Morgan fingerprint density at radius 2 is 1.89 bits per heavy atom. The molecule has 0 radical (unpaired) electrons. The van der Waals surface area contributed by atoms with Gasteiger partial charge in [0.1, 0.15) is 0 Å². The first-order valence-corrected chi connectivity index (χ1v) is 10.0. The lowest BCUT2D eigenvalue weighted by molar-refractivity contribution is -0.131. The van der Waals surface area contributed by atoms with Crippen LogP contribution < -0.4 is 5.32 Å². The maximum absolute atomic E-state index is 12.4. The van der Waals surface area contributed by atoms with Gasteiger partial charge in [-0.25, -0.2) is 0 Å². The van der Waals surface area contributed by atoms with Gasteiger partial charge in [0, 0.05) is 46.7 Å². The van der Waals surface area contributed by atoms with Crippen molar-refractivity contribution in [3.05, 3.63) is 48.0 Å². The zero-order chi connectivity index (χ0) is 19.5. The van der Waals surface area contributed by atoms with Gasteiger partial charge < -0.3 is 15.1 Å². The van der Waals surface area contributed by atoms with E-state index in [0.717, 1.165) is 51.4 Å². The van der Waals surface area contributed by atoms with Gasteiger partial charge in [-0.15, -0.1) is 30.6 Å². The second kappa shape index (κ2) is 13.6. The minimum absolute atomic E-state index is 0. The lowest BCUT2D eigenvalue weighted by atomic mass is 10.1. The highest BCUT2D eigenvalue weighted by atomic mass is 127. The van der Waals surface area contributed by atoms with E-state index in [2.05, 4.69) is 41.0 Å². The molecule has 1 amide bonds. The average molecular weight is 498 g/mol. The lowest BCUT2D eigenvalue weighted by Crippen LogP contribution is -2.40. The fourth-order valence-corrected chi connectivity index (χ4v) is 3.41. The van der Waals surface area contributed by atoms with Crippen molar-refractivity contribution in [1.82, 2.24) is 15.1 Å². The van der Waals surface area contributed by atoms with Gasteiger partial charge in [-0.3, -0.25) is 9.79 Å². The van der Waals surface area contributed by atoms with Crippen LogP contribution in [0.25, 0.3) is 0 Å². The number of hydrogen-bond acceptors (Lipinski definition) is 2. The molecule has 0 fully saturated rings. The monoisotopic (exact) mass is 498 g/mol. The van der Waals surface area contributed by atoms with Crippen molar-refractivity contribution in [2.24, 2.45) is 4.99 Å². The molecule has 0 aromatic heterocycles. The summed E-state index contributed by atoms with van der Waals surface area (Å²) in [6, 6.07) is 8.30. The SMILES string of the molecule is C=CCCCCCN(C)C(=NC)NCCCC(=O)N1Cc2ccccc2C1.I. The first kappa shape index (κ1) is 24.5. The van der Waals surface area contributed by atoms with E-state index in [1.807, 2.05) is 30.2 Å². The van der Waals surface area contributed by atoms with Crippen molar-refractivity contribution >= 4 is 35.8 Å². The number of rotatable bonds is 10. The highest BCUT2D eigenvalue weighted by Gasteiger charge is 2.22.